The van der Waals surface area contributed by atoms with E-state index < -0.39 is 8.32 Å². The van der Waals surface area contributed by atoms with Crippen LogP contribution in [0.5, 0.6) is 0 Å². The lowest BCUT2D eigenvalue weighted by molar-refractivity contribution is -0.228. The van der Waals surface area contributed by atoms with Gasteiger partial charge in [-0.3, -0.25) is 4.79 Å². The van der Waals surface area contributed by atoms with E-state index in [0.717, 1.165) is 43.7 Å². The van der Waals surface area contributed by atoms with Crippen LogP contribution >= 0.6 is 0 Å². The van der Waals surface area contributed by atoms with E-state index in [9.17, 15) is 4.79 Å². The first-order valence-electron chi connectivity index (χ1n) is 17.3. The highest BCUT2D eigenvalue weighted by atomic mass is 28.4. The second-order valence-corrected chi connectivity index (χ2v) is 18.6. The van der Waals surface area contributed by atoms with E-state index in [0.29, 0.717) is 24.7 Å². The minimum atomic E-state index is -2.62. The van der Waals surface area contributed by atoms with Crippen LogP contribution in [-0.2, 0) is 25.3 Å². The van der Waals surface area contributed by atoms with E-state index in [1.807, 2.05) is 18.2 Å². The molecule has 0 amide bonds. The topological polar surface area (TPSA) is 44.8 Å². The maximum Gasteiger partial charge on any atom is 0.256 e. The highest BCUT2D eigenvalue weighted by molar-refractivity contribution is 6.97. The summed E-state index contributed by atoms with van der Waals surface area (Å²) < 4.78 is 20.9. The van der Waals surface area contributed by atoms with Crippen LogP contribution in [0.4, 0.5) is 0 Å². The molecule has 0 N–H and O–H groups in total. The monoisotopic (exact) mass is 622 g/mol. The Hall–Kier alpha value is -2.57. The maximum absolute atomic E-state index is 14.2. The van der Waals surface area contributed by atoms with Crippen LogP contribution < -0.4 is 10.4 Å². The highest BCUT2D eigenvalue weighted by Gasteiger charge is 2.71. The minimum absolute atomic E-state index is 0.0139. The van der Waals surface area contributed by atoms with Crippen LogP contribution in [0.15, 0.2) is 91.0 Å². The molecule has 2 bridgehead atoms. The summed E-state index contributed by atoms with van der Waals surface area (Å²) in [6, 6.07) is 33.5. The Morgan fingerprint density at radius 2 is 1.51 bits per heavy atom. The van der Waals surface area contributed by atoms with Gasteiger partial charge in [0.05, 0.1) is 18.8 Å². The van der Waals surface area contributed by atoms with E-state index in [2.05, 4.69) is 100 Å². The number of carbonyl (C=O) groups excluding carboxylic acids is 1. The molecule has 3 aromatic carbocycles. The van der Waals surface area contributed by atoms with Crippen LogP contribution in [0.25, 0.3) is 0 Å². The van der Waals surface area contributed by atoms with Crippen molar-refractivity contribution < 1.29 is 18.7 Å². The number of Topliss-reactive ketones (excluding diaryl/α,β-unsaturated/α-hetero) is 1. The van der Waals surface area contributed by atoms with Gasteiger partial charge in [-0.15, -0.1) is 0 Å². The van der Waals surface area contributed by atoms with Crippen molar-refractivity contribution in [2.45, 2.75) is 91.1 Å². The third-order valence-corrected chi connectivity index (χ3v) is 17.5. The largest absolute Gasteiger partial charge is 0.404 e. The van der Waals surface area contributed by atoms with Gasteiger partial charge in [-0.2, -0.15) is 0 Å². The fourth-order valence-corrected chi connectivity index (χ4v) is 15.4. The molecule has 1 aliphatic heterocycles. The van der Waals surface area contributed by atoms with Gasteiger partial charge >= 0.3 is 0 Å². The molecule has 8 atom stereocenters. The molecule has 1 heterocycles. The Balaban J connectivity index is 1.30. The van der Waals surface area contributed by atoms with E-state index in [1.54, 1.807) is 0 Å². The van der Waals surface area contributed by atoms with Gasteiger partial charge in [0.1, 0.15) is 12.6 Å². The summed E-state index contributed by atoms with van der Waals surface area (Å²) >= 11 is 0. The summed E-state index contributed by atoms with van der Waals surface area (Å²) in [5.74, 6) is 1.18. The Morgan fingerprint density at radius 1 is 0.889 bits per heavy atom. The summed E-state index contributed by atoms with van der Waals surface area (Å²) in [5, 5.41) is 2.70. The van der Waals surface area contributed by atoms with Crippen LogP contribution in [0.1, 0.15) is 71.8 Å². The minimum Gasteiger partial charge on any atom is -0.404 e. The molecule has 0 spiro atoms. The molecule has 5 heteroatoms. The smallest absolute Gasteiger partial charge is 0.256 e. The lowest BCUT2D eigenvalue weighted by Crippen LogP contribution is -2.74. The Morgan fingerprint density at radius 3 is 2.13 bits per heavy atom. The molecule has 4 fully saturated rings. The predicted octanol–water partition coefficient (Wildman–Crippen LogP) is 7.54. The van der Waals surface area contributed by atoms with Gasteiger partial charge in [0, 0.05) is 17.8 Å². The lowest BCUT2D eigenvalue weighted by atomic mass is 9.43. The molecule has 238 valence electrons. The van der Waals surface area contributed by atoms with E-state index in [-0.39, 0.29) is 47.1 Å². The zero-order chi connectivity index (χ0) is 31.3. The van der Waals surface area contributed by atoms with Crippen molar-refractivity contribution >= 4 is 24.5 Å². The standard InChI is InChI=1S/C40H50O4Si/c1-5-38(3)25-35-39(4)31(27-45(44-35,32-17-11-7-12-18-32)33-19-13-8-14-20-33)21-23-40(24-22-34(41)36(39)40)29(2)37(38)43-28-42-26-30-15-9-6-10-16-30/h6-20,29,31,35-37H,5,21-28H2,1-4H3/t29-,31-,35+,36?,37-,38+,39-,40-/m0/s1. The SMILES string of the molecule is CC[C@]1(C)C[C@H]2O[Si](c3ccccc3)(c3ccccc3)C[C@@H]3CC[C@]4(CCC(=O)C4[C@@]32C)[C@@H](C)[C@@H]1OCOCc1ccccc1. The van der Waals surface area contributed by atoms with Crippen LogP contribution in [0.2, 0.25) is 6.04 Å². The Labute approximate surface area is 271 Å². The molecule has 0 aromatic heterocycles. The van der Waals surface area contributed by atoms with Gasteiger partial charge in [-0.05, 0) is 76.8 Å². The molecule has 1 saturated heterocycles. The molecule has 45 heavy (non-hydrogen) atoms. The molecular formula is C40H50O4Si. The van der Waals surface area contributed by atoms with Crippen LogP contribution in [0.3, 0.4) is 0 Å². The average molecular weight is 623 g/mol. The first-order chi connectivity index (χ1) is 21.8. The van der Waals surface area contributed by atoms with Gasteiger partial charge in [0.2, 0.25) is 0 Å². The number of ketones is 1. The summed E-state index contributed by atoms with van der Waals surface area (Å²) in [6.07, 6.45) is 5.72. The molecule has 0 radical (unpaired) electrons. The molecule has 3 saturated carbocycles. The number of rotatable bonds is 8. The Kier molecular flexibility index (Phi) is 8.21. The van der Waals surface area contributed by atoms with Crippen molar-refractivity contribution in [1.82, 2.24) is 0 Å². The van der Waals surface area contributed by atoms with Crippen molar-refractivity contribution in [3.05, 3.63) is 96.6 Å². The predicted molar refractivity (Wildman–Crippen MR) is 182 cm³/mol. The fourth-order valence-electron chi connectivity index (χ4n) is 10.7. The molecule has 3 aliphatic carbocycles. The summed E-state index contributed by atoms with van der Waals surface area (Å²) in [4.78, 5) is 14.2. The quantitative estimate of drug-likeness (QED) is 0.148. The van der Waals surface area contributed by atoms with Crippen LogP contribution in [-0.4, -0.2) is 33.1 Å². The third kappa shape index (κ3) is 4.92. The second kappa shape index (κ2) is 11.9. The number of ether oxygens (including phenoxy) is 2. The van der Waals surface area contributed by atoms with Crippen molar-refractivity contribution in [2.24, 2.45) is 34.0 Å². The number of hydrogen-bond donors (Lipinski definition) is 0. The van der Waals surface area contributed by atoms with E-state index in [4.69, 9.17) is 13.9 Å². The summed E-state index contributed by atoms with van der Waals surface area (Å²) in [5.41, 5.74) is 0.771. The van der Waals surface area contributed by atoms with Gasteiger partial charge in [0.15, 0.2) is 0 Å². The number of hydrogen-bond acceptors (Lipinski definition) is 4. The lowest BCUT2D eigenvalue weighted by Gasteiger charge is -2.67. The van der Waals surface area contributed by atoms with Gasteiger partial charge in [-0.25, -0.2) is 0 Å². The first kappa shape index (κ1) is 31.0. The number of carbonyl (C=O) groups is 1. The number of benzene rings is 3. The average Bonchev–Trinajstić information content (AvgIpc) is 3.43. The van der Waals surface area contributed by atoms with E-state index >= 15 is 0 Å². The summed E-state index contributed by atoms with van der Waals surface area (Å²) in [7, 11) is -2.62. The van der Waals surface area contributed by atoms with Gasteiger partial charge in [-0.1, -0.05) is 119 Å². The molecular weight excluding hydrogens is 573 g/mol. The fraction of sp³-hybridized carbons (Fsp3) is 0.525. The van der Waals surface area contributed by atoms with Gasteiger partial charge in [0.25, 0.3) is 8.32 Å². The van der Waals surface area contributed by atoms with Crippen molar-refractivity contribution in [3.8, 4) is 0 Å². The van der Waals surface area contributed by atoms with Gasteiger partial charge < -0.3 is 13.9 Å². The molecule has 4 nitrogen and oxygen atoms in total. The molecule has 4 aliphatic rings. The maximum atomic E-state index is 14.2. The van der Waals surface area contributed by atoms with Crippen molar-refractivity contribution in [3.63, 3.8) is 0 Å². The molecule has 7 rings (SSSR count). The summed E-state index contributed by atoms with van der Waals surface area (Å²) in [6.45, 7) is 10.4. The molecule has 3 aromatic rings. The molecule has 1 unspecified atom stereocenters. The normalized spacial score (nSPS) is 37.0. The van der Waals surface area contributed by atoms with Crippen molar-refractivity contribution in [2.75, 3.05) is 6.79 Å². The zero-order valence-corrected chi connectivity index (χ0v) is 28.5. The third-order valence-electron chi connectivity index (χ3n) is 13.2. The Bertz CT molecular complexity index is 1440. The van der Waals surface area contributed by atoms with E-state index in [1.165, 1.54) is 10.4 Å². The van der Waals surface area contributed by atoms with Crippen LogP contribution in [0, 0.1) is 34.0 Å². The highest BCUT2D eigenvalue weighted by Crippen LogP contribution is 2.70. The first-order valence-corrected chi connectivity index (χ1v) is 19.4. The van der Waals surface area contributed by atoms with Crippen molar-refractivity contribution in [1.29, 1.82) is 0 Å². The zero-order valence-electron chi connectivity index (χ0n) is 27.5. The second-order valence-electron chi connectivity index (χ2n) is 15.1.